The van der Waals surface area contributed by atoms with Crippen LogP contribution in [0.3, 0.4) is 0 Å². The highest BCUT2D eigenvalue weighted by atomic mass is 16.6. The number of hydrogen-bond donors (Lipinski definition) is 2. The molecule has 1 atom stereocenters. The van der Waals surface area contributed by atoms with Gasteiger partial charge in [0.2, 0.25) is 5.91 Å². The van der Waals surface area contributed by atoms with Gasteiger partial charge in [-0.3, -0.25) is 9.59 Å². The van der Waals surface area contributed by atoms with Gasteiger partial charge in [0.05, 0.1) is 12.7 Å². The van der Waals surface area contributed by atoms with Crippen molar-refractivity contribution < 1.29 is 14.3 Å². The van der Waals surface area contributed by atoms with Crippen molar-refractivity contribution in [3.05, 3.63) is 35.4 Å². The summed E-state index contributed by atoms with van der Waals surface area (Å²) < 4.78 is 4.97. The van der Waals surface area contributed by atoms with Crippen LogP contribution in [0.4, 0.5) is 0 Å². The molecule has 0 spiro atoms. The third-order valence-corrected chi connectivity index (χ3v) is 2.30. The SMILES string of the molecule is NC(=O)c1cccc(C(=O)NCC2CO2)c1. The van der Waals surface area contributed by atoms with Crippen molar-refractivity contribution in [1.29, 1.82) is 0 Å². The Morgan fingerprint density at radius 1 is 1.44 bits per heavy atom. The Morgan fingerprint density at radius 2 is 2.12 bits per heavy atom. The first-order valence-electron chi connectivity index (χ1n) is 4.96. The summed E-state index contributed by atoms with van der Waals surface area (Å²) in [5.41, 5.74) is 5.88. The second kappa shape index (κ2) is 4.32. The summed E-state index contributed by atoms with van der Waals surface area (Å²) in [6, 6.07) is 6.31. The minimum absolute atomic E-state index is 0.142. The summed E-state index contributed by atoms with van der Waals surface area (Å²) in [6.07, 6.45) is 0.142. The van der Waals surface area contributed by atoms with Crippen molar-refractivity contribution in [3.63, 3.8) is 0 Å². The van der Waals surface area contributed by atoms with Crippen LogP contribution in [-0.2, 0) is 4.74 Å². The van der Waals surface area contributed by atoms with Crippen molar-refractivity contribution in [2.24, 2.45) is 5.73 Å². The molecule has 1 aromatic rings. The zero-order valence-electron chi connectivity index (χ0n) is 8.60. The third kappa shape index (κ3) is 2.58. The maximum absolute atomic E-state index is 11.6. The molecule has 1 heterocycles. The first kappa shape index (κ1) is 10.6. The second-order valence-corrected chi connectivity index (χ2v) is 3.61. The molecule has 1 unspecified atom stereocenters. The molecule has 1 saturated heterocycles. The lowest BCUT2D eigenvalue weighted by molar-refractivity contribution is 0.0950. The third-order valence-electron chi connectivity index (χ3n) is 2.30. The molecule has 3 N–H and O–H groups in total. The molecule has 16 heavy (non-hydrogen) atoms. The Morgan fingerprint density at radius 3 is 2.75 bits per heavy atom. The van der Waals surface area contributed by atoms with Gasteiger partial charge >= 0.3 is 0 Å². The Balaban J connectivity index is 2.03. The number of nitrogens with one attached hydrogen (secondary N) is 1. The highest BCUT2D eigenvalue weighted by molar-refractivity contribution is 5.99. The van der Waals surface area contributed by atoms with E-state index >= 15 is 0 Å². The number of ether oxygens (including phenoxy) is 1. The smallest absolute Gasteiger partial charge is 0.251 e. The first-order chi connectivity index (χ1) is 7.66. The molecule has 0 radical (unpaired) electrons. The van der Waals surface area contributed by atoms with E-state index in [1.54, 1.807) is 18.2 Å². The number of rotatable bonds is 4. The van der Waals surface area contributed by atoms with Gasteiger partial charge in [-0.05, 0) is 18.2 Å². The van der Waals surface area contributed by atoms with Crippen LogP contribution in [0.25, 0.3) is 0 Å². The molecule has 1 aromatic carbocycles. The molecule has 2 amide bonds. The average molecular weight is 220 g/mol. The molecule has 5 nitrogen and oxygen atoms in total. The molecule has 2 rings (SSSR count). The number of hydrogen-bond acceptors (Lipinski definition) is 3. The molecule has 0 saturated carbocycles. The summed E-state index contributed by atoms with van der Waals surface area (Å²) in [5, 5.41) is 2.71. The average Bonchev–Trinajstić information content (AvgIpc) is 3.10. The number of epoxide rings is 1. The number of carbonyl (C=O) groups is 2. The van der Waals surface area contributed by atoms with E-state index in [0.29, 0.717) is 24.3 Å². The topological polar surface area (TPSA) is 84.7 Å². The van der Waals surface area contributed by atoms with Gasteiger partial charge in [-0.1, -0.05) is 6.07 Å². The van der Waals surface area contributed by atoms with Gasteiger partial charge in [0, 0.05) is 17.7 Å². The fraction of sp³-hybridized carbons (Fsp3) is 0.273. The maximum Gasteiger partial charge on any atom is 0.251 e. The van der Waals surface area contributed by atoms with Crippen molar-refractivity contribution >= 4 is 11.8 Å². The van der Waals surface area contributed by atoms with E-state index in [-0.39, 0.29) is 12.0 Å². The fourth-order valence-electron chi connectivity index (χ4n) is 1.31. The summed E-state index contributed by atoms with van der Waals surface area (Å²) in [7, 11) is 0. The van der Waals surface area contributed by atoms with Crippen LogP contribution in [0, 0.1) is 0 Å². The molecular formula is C11H12N2O3. The van der Waals surface area contributed by atoms with Gasteiger partial charge in [-0.25, -0.2) is 0 Å². The van der Waals surface area contributed by atoms with Crippen LogP contribution < -0.4 is 11.1 Å². The zero-order valence-corrected chi connectivity index (χ0v) is 8.60. The lowest BCUT2D eigenvalue weighted by atomic mass is 10.1. The Bertz CT molecular complexity index is 427. The number of primary amides is 1. The molecule has 84 valence electrons. The highest BCUT2D eigenvalue weighted by Crippen LogP contribution is 2.08. The molecule has 0 aliphatic carbocycles. The predicted octanol–water partition coefficient (Wildman–Crippen LogP) is -0.0859. The van der Waals surface area contributed by atoms with Crippen LogP contribution >= 0.6 is 0 Å². The van der Waals surface area contributed by atoms with E-state index < -0.39 is 5.91 Å². The second-order valence-electron chi connectivity index (χ2n) is 3.61. The monoisotopic (exact) mass is 220 g/mol. The minimum atomic E-state index is -0.542. The van der Waals surface area contributed by atoms with Crippen molar-refractivity contribution in [2.75, 3.05) is 13.2 Å². The minimum Gasteiger partial charge on any atom is -0.371 e. The quantitative estimate of drug-likeness (QED) is 0.696. The highest BCUT2D eigenvalue weighted by Gasteiger charge is 2.22. The van der Waals surface area contributed by atoms with Crippen molar-refractivity contribution in [3.8, 4) is 0 Å². The Hall–Kier alpha value is -1.88. The molecule has 0 bridgehead atoms. The van der Waals surface area contributed by atoms with Crippen LogP contribution in [-0.4, -0.2) is 31.1 Å². The van der Waals surface area contributed by atoms with Gasteiger partial charge in [0.1, 0.15) is 0 Å². The lowest BCUT2D eigenvalue weighted by Crippen LogP contribution is -2.27. The normalized spacial score (nSPS) is 17.9. The molecular weight excluding hydrogens is 208 g/mol. The van der Waals surface area contributed by atoms with Crippen LogP contribution in [0.15, 0.2) is 24.3 Å². The zero-order chi connectivity index (χ0) is 11.5. The Kier molecular flexibility index (Phi) is 2.87. The molecule has 5 heteroatoms. The molecule has 0 aromatic heterocycles. The van der Waals surface area contributed by atoms with Gasteiger partial charge in [0.25, 0.3) is 5.91 Å². The standard InChI is InChI=1S/C11H12N2O3/c12-10(14)7-2-1-3-8(4-7)11(15)13-5-9-6-16-9/h1-4,9H,5-6H2,(H2,12,14)(H,13,15). The summed E-state index contributed by atoms with van der Waals surface area (Å²) in [5.74, 6) is -0.765. The van der Waals surface area contributed by atoms with E-state index in [9.17, 15) is 9.59 Å². The predicted molar refractivity (Wildman–Crippen MR) is 57.0 cm³/mol. The number of carbonyl (C=O) groups excluding carboxylic acids is 2. The first-order valence-corrected chi connectivity index (χ1v) is 4.96. The number of benzene rings is 1. The summed E-state index contributed by atoms with van der Waals surface area (Å²) >= 11 is 0. The van der Waals surface area contributed by atoms with Crippen LogP contribution in [0.5, 0.6) is 0 Å². The van der Waals surface area contributed by atoms with E-state index in [4.69, 9.17) is 10.5 Å². The van der Waals surface area contributed by atoms with Crippen molar-refractivity contribution in [2.45, 2.75) is 6.10 Å². The number of nitrogens with two attached hydrogens (primary N) is 1. The summed E-state index contributed by atoms with van der Waals surface area (Å²) in [6.45, 7) is 1.20. The van der Waals surface area contributed by atoms with Crippen LogP contribution in [0.2, 0.25) is 0 Å². The molecule has 1 aliphatic heterocycles. The van der Waals surface area contributed by atoms with E-state index in [0.717, 1.165) is 0 Å². The van der Waals surface area contributed by atoms with Gasteiger partial charge in [0.15, 0.2) is 0 Å². The van der Waals surface area contributed by atoms with Crippen molar-refractivity contribution in [1.82, 2.24) is 5.32 Å². The van der Waals surface area contributed by atoms with E-state index in [1.807, 2.05) is 0 Å². The van der Waals surface area contributed by atoms with Gasteiger partial charge < -0.3 is 15.8 Å². The fourth-order valence-corrected chi connectivity index (χ4v) is 1.31. The van der Waals surface area contributed by atoms with Gasteiger partial charge in [-0.15, -0.1) is 0 Å². The molecule has 1 aliphatic rings. The van der Waals surface area contributed by atoms with E-state index in [2.05, 4.69) is 5.32 Å². The van der Waals surface area contributed by atoms with Crippen LogP contribution in [0.1, 0.15) is 20.7 Å². The molecule has 1 fully saturated rings. The maximum atomic E-state index is 11.6. The Labute approximate surface area is 92.6 Å². The summed E-state index contributed by atoms with van der Waals surface area (Å²) in [4.78, 5) is 22.6. The number of amides is 2. The largest absolute Gasteiger partial charge is 0.371 e. The lowest BCUT2D eigenvalue weighted by Gasteiger charge is -2.04. The van der Waals surface area contributed by atoms with Gasteiger partial charge in [-0.2, -0.15) is 0 Å². The van der Waals surface area contributed by atoms with E-state index in [1.165, 1.54) is 6.07 Å².